The highest BCUT2D eigenvalue weighted by atomic mass is 16.5. The zero-order valence-corrected chi connectivity index (χ0v) is 15.3. The van der Waals surface area contributed by atoms with E-state index in [2.05, 4.69) is 67.3 Å². The van der Waals surface area contributed by atoms with E-state index in [1.54, 1.807) is 0 Å². The average molecular weight is 334 g/mol. The van der Waals surface area contributed by atoms with Gasteiger partial charge in [0, 0.05) is 28.7 Å². The number of aromatic nitrogens is 1. The van der Waals surface area contributed by atoms with Gasteiger partial charge in [0.25, 0.3) is 0 Å². The second kappa shape index (κ2) is 6.57. The van der Waals surface area contributed by atoms with E-state index in [9.17, 15) is 0 Å². The number of fused-ring (bicyclic) bond motifs is 3. The van der Waals surface area contributed by atoms with Crippen molar-refractivity contribution in [3.8, 4) is 5.75 Å². The standard InChI is InChI=1S/C22H26N2O/c1-15-11-18-19-12-17(24(2)3)9-10-20(19)23-21(18)13-22(15)25-14-16-7-5-4-6-8-16/h4-8,11,13,17,23H,9-10,12,14H2,1-3H3. The molecule has 25 heavy (non-hydrogen) atoms. The molecule has 3 heteroatoms. The van der Waals surface area contributed by atoms with Gasteiger partial charge < -0.3 is 14.6 Å². The van der Waals surface area contributed by atoms with Crippen LogP contribution in [0.2, 0.25) is 0 Å². The Kier molecular flexibility index (Phi) is 4.26. The van der Waals surface area contributed by atoms with Crippen LogP contribution in [0.25, 0.3) is 10.9 Å². The lowest BCUT2D eigenvalue weighted by molar-refractivity contribution is 0.268. The van der Waals surface area contributed by atoms with Crippen molar-refractivity contribution >= 4 is 10.9 Å². The number of likely N-dealkylation sites (N-methyl/N-ethyl adjacent to an activating group) is 1. The summed E-state index contributed by atoms with van der Waals surface area (Å²) in [6.45, 7) is 2.75. The Bertz CT molecular complexity index is 880. The van der Waals surface area contributed by atoms with Crippen molar-refractivity contribution < 1.29 is 4.74 Å². The normalized spacial score (nSPS) is 17.0. The third-order valence-corrected chi connectivity index (χ3v) is 5.42. The van der Waals surface area contributed by atoms with E-state index < -0.39 is 0 Å². The number of aryl methyl sites for hydroxylation is 2. The predicted octanol–water partition coefficient (Wildman–Crippen LogP) is 4.47. The summed E-state index contributed by atoms with van der Waals surface area (Å²) in [5.74, 6) is 0.971. The van der Waals surface area contributed by atoms with Crippen LogP contribution in [0.4, 0.5) is 0 Å². The first-order valence-corrected chi connectivity index (χ1v) is 9.09. The summed E-state index contributed by atoms with van der Waals surface area (Å²) in [4.78, 5) is 6.00. The molecule has 3 nitrogen and oxygen atoms in total. The average Bonchev–Trinajstić information content (AvgIpc) is 2.97. The van der Waals surface area contributed by atoms with Gasteiger partial charge in [-0.25, -0.2) is 0 Å². The fourth-order valence-electron chi connectivity index (χ4n) is 3.87. The SMILES string of the molecule is Cc1cc2c3c([nH]c2cc1OCc1ccccc1)CCC(N(C)C)C3. The molecule has 1 heterocycles. The molecule has 1 atom stereocenters. The Labute approximate surface area is 149 Å². The lowest BCUT2D eigenvalue weighted by Gasteiger charge is -2.28. The molecule has 1 aromatic heterocycles. The van der Waals surface area contributed by atoms with E-state index in [0.29, 0.717) is 12.6 Å². The third kappa shape index (κ3) is 3.16. The summed E-state index contributed by atoms with van der Waals surface area (Å²) in [6.07, 6.45) is 3.49. The minimum Gasteiger partial charge on any atom is -0.489 e. The number of nitrogens with one attached hydrogen (secondary N) is 1. The summed E-state index contributed by atoms with van der Waals surface area (Å²) in [5, 5.41) is 1.37. The number of hydrogen-bond donors (Lipinski definition) is 1. The van der Waals surface area contributed by atoms with Crippen molar-refractivity contribution in [2.75, 3.05) is 14.1 Å². The van der Waals surface area contributed by atoms with Gasteiger partial charge in [-0.15, -0.1) is 0 Å². The molecule has 0 aliphatic heterocycles. The molecule has 0 saturated carbocycles. The Hall–Kier alpha value is -2.26. The zero-order valence-electron chi connectivity index (χ0n) is 15.3. The Morgan fingerprint density at radius 2 is 1.96 bits per heavy atom. The van der Waals surface area contributed by atoms with Crippen molar-refractivity contribution in [2.45, 2.75) is 38.8 Å². The molecule has 2 aromatic carbocycles. The quantitative estimate of drug-likeness (QED) is 0.762. The van der Waals surface area contributed by atoms with Crippen LogP contribution in [0.5, 0.6) is 5.75 Å². The second-order valence-electron chi connectivity index (χ2n) is 7.38. The van der Waals surface area contributed by atoms with E-state index in [-0.39, 0.29) is 0 Å². The van der Waals surface area contributed by atoms with Gasteiger partial charge in [-0.05, 0) is 63.0 Å². The van der Waals surface area contributed by atoms with E-state index in [1.807, 2.05) is 6.07 Å². The van der Waals surface area contributed by atoms with Crippen molar-refractivity contribution in [3.05, 3.63) is 64.8 Å². The fourth-order valence-corrected chi connectivity index (χ4v) is 3.87. The van der Waals surface area contributed by atoms with Crippen LogP contribution in [-0.2, 0) is 19.4 Å². The molecule has 1 N–H and O–H groups in total. The van der Waals surface area contributed by atoms with Gasteiger partial charge in [-0.1, -0.05) is 30.3 Å². The predicted molar refractivity (Wildman–Crippen MR) is 103 cm³/mol. The molecular weight excluding hydrogens is 308 g/mol. The lowest BCUT2D eigenvalue weighted by atomic mass is 9.90. The van der Waals surface area contributed by atoms with Gasteiger partial charge in [0.05, 0.1) is 0 Å². The number of benzene rings is 2. The van der Waals surface area contributed by atoms with Crippen molar-refractivity contribution in [1.82, 2.24) is 9.88 Å². The first-order chi connectivity index (χ1) is 12.1. The smallest absolute Gasteiger partial charge is 0.124 e. The van der Waals surface area contributed by atoms with Crippen LogP contribution in [0, 0.1) is 6.92 Å². The first-order valence-electron chi connectivity index (χ1n) is 9.09. The van der Waals surface area contributed by atoms with Crippen LogP contribution in [-0.4, -0.2) is 30.0 Å². The summed E-state index contributed by atoms with van der Waals surface area (Å²) in [6, 6.07) is 15.4. The molecule has 0 amide bonds. The largest absolute Gasteiger partial charge is 0.489 e. The molecule has 1 aliphatic rings. The highest BCUT2D eigenvalue weighted by Gasteiger charge is 2.24. The number of aromatic amines is 1. The molecule has 130 valence electrons. The molecule has 3 aromatic rings. The summed E-state index contributed by atoms with van der Waals surface area (Å²) in [5.41, 5.74) is 6.52. The molecule has 0 bridgehead atoms. The maximum absolute atomic E-state index is 6.09. The Balaban J connectivity index is 1.62. The van der Waals surface area contributed by atoms with Crippen molar-refractivity contribution in [3.63, 3.8) is 0 Å². The van der Waals surface area contributed by atoms with Crippen molar-refractivity contribution in [1.29, 1.82) is 0 Å². The van der Waals surface area contributed by atoms with E-state index in [0.717, 1.165) is 18.6 Å². The van der Waals surface area contributed by atoms with Gasteiger partial charge in [-0.3, -0.25) is 0 Å². The number of hydrogen-bond acceptors (Lipinski definition) is 2. The number of rotatable bonds is 4. The maximum Gasteiger partial charge on any atom is 0.124 e. The third-order valence-electron chi connectivity index (χ3n) is 5.42. The topological polar surface area (TPSA) is 28.3 Å². The van der Waals surface area contributed by atoms with Crippen molar-refractivity contribution in [2.24, 2.45) is 0 Å². The molecule has 0 fully saturated rings. The number of nitrogens with zero attached hydrogens (tertiary/aromatic N) is 1. The molecule has 0 spiro atoms. The van der Waals surface area contributed by atoms with Crippen LogP contribution in [0.1, 0.15) is 28.8 Å². The van der Waals surface area contributed by atoms with Gasteiger partial charge >= 0.3 is 0 Å². The minimum atomic E-state index is 0.607. The van der Waals surface area contributed by atoms with Gasteiger partial charge in [0.1, 0.15) is 12.4 Å². The second-order valence-corrected chi connectivity index (χ2v) is 7.38. The molecule has 1 aliphatic carbocycles. The van der Waals surface area contributed by atoms with E-state index >= 15 is 0 Å². The summed E-state index contributed by atoms with van der Waals surface area (Å²) >= 11 is 0. The number of ether oxygens (including phenoxy) is 1. The monoisotopic (exact) mass is 334 g/mol. The number of H-pyrrole nitrogens is 1. The molecule has 4 rings (SSSR count). The zero-order chi connectivity index (χ0) is 17.4. The highest BCUT2D eigenvalue weighted by Crippen LogP contribution is 2.34. The highest BCUT2D eigenvalue weighted by molar-refractivity contribution is 5.87. The molecule has 0 saturated heterocycles. The fraction of sp³-hybridized carbons (Fsp3) is 0.364. The Morgan fingerprint density at radius 1 is 1.16 bits per heavy atom. The summed E-state index contributed by atoms with van der Waals surface area (Å²) in [7, 11) is 4.37. The first kappa shape index (κ1) is 16.2. The van der Waals surface area contributed by atoms with Crippen LogP contribution in [0.15, 0.2) is 42.5 Å². The molecule has 1 unspecified atom stereocenters. The molecular formula is C22H26N2O. The maximum atomic E-state index is 6.09. The minimum absolute atomic E-state index is 0.607. The van der Waals surface area contributed by atoms with Gasteiger partial charge in [0.15, 0.2) is 0 Å². The van der Waals surface area contributed by atoms with Gasteiger partial charge in [0.2, 0.25) is 0 Å². The lowest BCUT2D eigenvalue weighted by Crippen LogP contribution is -2.33. The van der Waals surface area contributed by atoms with Crippen LogP contribution >= 0.6 is 0 Å². The molecule has 0 radical (unpaired) electrons. The summed E-state index contributed by atoms with van der Waals surface area (Å²) < 4.78 is 6.09. The Morgan fingerprint density at radius 3 is 2.72 bits per heavy atom. The van der Waals surface area contributed by atoms with Crippen LogP contribution < -0.4 is 4.74 Å². The van der Waals surface area contributed by atoms with E-state index in [4.69, 9.17) is 4.74 Å². The van der Waals surface area contributed by atoms with E-state index in [1.165, 1.54) is 39.7 Å². The van der Waals surface area contributed by atoms with Crippen LogP contribution in [0.3, 0.4) is 0 Å². The van der Waals surface area contributed by atoms with Gasteiger partial charge in [-0.2, -0.15) is 0 Å².